The van der Waals surface area contributed by atoms with Crippen LogP contribution in [0.1, 0.15) is 0 Å². The molecule has 0 aliphatic carbocycles. The molecule has 0 bridgehead atoms. The minimum atomic E-state index is -3.69. The van der Waals surface area contributed by atoms with Crippen molar-refractivity contribution in [1.82, 2.24) is 34.0 Å². The molecule has 0 atom stereocenters. The van der Waals surface area contributed by atoms with Gasteiger partial charge < -0.3 is 19.6 Å². The second-order valence-electron chi connectivity index (χ2n) is 8.60. The van der Waals surface area contributed by atoms with E-state index in [2.05, 4.69) is 29.9 Å². The molecule has 4 aromatic heterocycles. The maximum Gasteiger partial charge on any atom is 0.238 e. The molecule has 0 radical (unpaired) electrons. The van der Waals surface area contributed by atoms with Gasteiger partial charge in [-0.25, -0.2) is 23.5 Å². The van der Waals surface area contributed by atoms with E-state index in [1.807, 2.05) is 4.57 Å². The Hall–Kier alpha value is -4.01. The van der Waals surface area contributed by atoms with Crippen LogP contribution in [-0.4, -0.2) is 75.2 Å². The smallest absolute Gasteiger partial charge is 0.238 e. The van der Waals surface area contributed by atoms with Crippen LogP contribution in [0.25, 0.3) is 28.4 Å². The Balaban J connectivity index is 1.13. The van der Waals surface area contributed by atoms with E-state index in [1.165, 1.54) is 4.52 Å². The standard InChI is InChI=1S/C22H24N10O3S/c23-22-27-20-18(21-26-19(28-32(21)22)17-2-1-13-35-17)25-14-31(20)12-9-29-7-10-30(11-8-29)15-3-5-16(6-4-15)36(24,33)34/h1-6,13-14H,7-12H2,(H2,23,27)(H2,24,33,34). The highest BCUT2D eigenvalue weighted by molar-refractivity contribution is 7.89. The summed E-state index contributed by atoms with van der Waals surface area (Å²) < 4.78 is 31.8. The van der Waals surface area contributed by atoms with Crippen LogP contribution in [0, 0.1) is 0 Å². The van der Waals surface area contributed by atoms with Crippen molar-refractivity contribution in [2.75, 3.05) is 43.4 Å². The van der Waals surface area contributed by atoms with Gasteiger partial charge in [0.25, 0.3) is 0 Å². The molecule has 1 aromatic carbocycles. The number of imidazole rings is 1. The summed E-state index contributed by atoms with van der Waals surface area (Å²) >= 11 is 0. The normalized spacial score (nSPS) is 15.3. The van der Waals surface area contributed by atoms with Gasteiger partial charge in [0.2, 0.25) is 21.8 Å². The quantitative estimate of drug-likeness (QED) is 0.335. The third-order valence-electron chi connectivity index (χ3n) is 6.37. The van der Waals surface area contributed by atoms with E-state index in [-0.39, 0.29) is 10.8 Å². The second kappa shape index (κ2) is 8.58. The van der Waals surface area contributed by atoms with Crippen LogP contribution in [-0.2, 0) is 16.6 Å². The van der Waals surface area contributed by atoms with Gasteiger partial charge in [-0.2, -0.15) is 9.50 Å². The summed E-state index contributed by atoms with van der Waals surface area (Å²) in [6, 6.07) is 10.2. The van der Waals surface area contributed by atoms with Gasteiger partial charge in [-0.1, -0.05) is 0 Å². The molecule has 1 saturated heterocycles. The first-order chi connectivity index (χ1) is 17.4. The number of hydrogen-bond acceptors (Lipinski definition) is 10. The van der Waals surface area contributed by atoms with E-state index < -0.39 is 10.0 Å². The molecule has 0 spiro atoms. The van der Waals surface area contributed by atoms with E-state index in [0.29, 0.717) is 34.9 Å². The molecule has 4 N–H and O–H groups in total. The minimum Gasteiger partial charge on any atom is -0.461 e. The van der Waals surface area contributed by atoms with E-state index in [9.17, 15) is 8.42 Å². The number of aromatic nitrogens is 6. The van der Waals surface area contributed by atoms with Crippen LogP contribution in [0.2, 0.25) is 0 Å². The maximum atomic E-state index is 11.5. The van der Waals surface area contributed by atoms with Crippen LogP contribution >= 0.6 is 0 Å². The first kappa shape index (κ1) is 22.5. The van der Waals surface area contributed by atoms with Gasteiger partial charge in [0, 0.05) is 45.0 Å². The number of rotatable bonds is 6. The lowest BCUT2D eigenvalue weighted by Crippen LogP contribution is -2.47. The third-order valence-corrected chi connectivity index (χ3v) is 7.30. The zero-order valence-electron chi connectivity index (χ0n) is 19.2. The first-order valence-corrected chi connectivity index (χ1v) is 12.9. The number of sulfonamides is 1. The lowest BCUT2D eigenvalue weighted by atomic mass is 10.2. The van der Waals surface area contributed by atoms with E-state index in [1.54, 1.807) is 49.0 Å². The summed E-state index contributed by atoms with van der Waals surface area (Å²) in [7, 11) is -3.69. The number of anilines is 2. The number of furan rings is 1. The van der Waals surface area contributed by atoms with Gasteiger partial charge in [-0.05, 0) is 36.4 Å². The van der Waals surface area contributed by atoms with Crippen LogP contribution < -0.4 is 15.8 Å². The van der Waals surface area contributed by atoms with E-state index >= 15 is 0 Å². The fourth-order valence-corrected chi connectivity index (χ4v) is 4.95. The molecule has 0 amide bonds. The van der Waals surface area contributed by atoms with Crippen molar-refractivity contribution in [1.29, 1.82) is 0 Å². The summed E-state index contributed by atoms with van der Waals surface area (Å²) in [6.07, 6.45) is 3.32. The van der Waals surface area contributed by atoms with Gasteiger partial charge in [-0.15, -0.1) is 5.10 Å². The Bertz CT molecular complexity index is 1630. The molecule has 0 saturated carbocycles. The van der Waals surface area contributed by atoms with Gasteiger partial charge >= 0.3 is 0 Å². The number of fused-ring (bicyclic) bond motifs is 3. The average Bonchev–Trinajstić information content (AvgIpc) is 3.62. The summed E-state index contributed by atoms with van der Waals surface area (Å²) in [4.78, 5) is 18.4. The van der Waals surface area contributed by atoms with Gasteiger partial charge in [0.05, 0.1) is 17.5 Å². The summed E-state index contributed by atoms with van der Waals surface area (Å²) in [5, 5.41) is 9.60. The molecule has 186 valence electrons. The zero-order valence-corrected chi connectivity index (χ0v) is 20.0. The number of benzene rings is 1. The Kier molecular flexibility index (Phi) is 5.35. The van der Waals surface area contributed by atoms with Crippen LogP contribution in [0.15, 0.2) is 58.3 Å². The van der Waals surface area contributed by atoms with Crippen LogP contribution in [0.3, 0.4) is 0 Å². The van der Waals surface area contributed by atoms with Crippen molar-refractivity contribution in [3.05, 3.63) is 49.0 Å². The molecule has 5 aromatic rings. The molecular weight excluding hydrogens is 484 g/mol. The average molecular weight is 509 g/mol. The van der Waals surface area contributed by atoms with Crippen molar-refractivity contribution in [2.24, 2.45) is 5.14 Å². The molecule has 1 aliphatic rings. The number of nitrogens with zero attached hydrogens (tertiary/aromatic N) is 8. The lowest BCUT2D eigenvalue weighted by molar-refractivity contribution is 0.249. The largest absolute Gasteiger partial charge is 0.461 e. The fraction of sp³-hybridized carbons (Fsp3) is 0.273. The maximum absolute atomic E-state index is 11.5. The topological polar surface area (TPSA) is 167 Å². The van der Waals surface area contributed by atoms with Gasteiger partial charge in [0.15, 0.2) is 22.6 Å². The van der Waals surface area contributed by atoms with Gasteiger partial charge in [0.1, 0.15) is 0 Å². The number of nitrogen functional groups attached to an aromatic ring is 1. The van der Waals surface area contributed by atoms with Crippen molar-refractivity contribution in [2.45, 2.75) is 11.4 Å². The van der Waals surface area contributed by atoms with Crippen LogP contribution in [0.5, 0.6) is 0 Å². The predicted molar refractivity (Wildman–Crippen MR) is 133 cm³/mol. The highest BCUT2D eigenvalue weighted by Gasteiger charge is 2.20. The van der Waals surface area contributed by atoms with Crippen molar-refractivity contribution in [3.8, 4) is 11.6 Å². The number of hydrogen-bond donors (Lipinski definition) is 2. The summed E-state index contributed by atoms with van der Waals surface area (Å²) in [5.74, 6) is 1.20. The highest BCUT2D eigenvalue weighted by Crippen LogP contribution is 2.23. The summed E-state index contributed by atoms with van der Waals surface area (Å²) in [5.41, 5.74) is 8.98. The Morgan fingerprint density at radius 3 is 2.44 bits per heavy atom. The van der Waals surface area contributed by atoms with E-state index in [4.69, 9.17) is 15.3 Å². The number of nitrogens with two attached hydrogens (primary N) is 2. The first-order valence-electron chi connectivity index (χ1n) is 11.4. The Morgan fingerprint density at radius 1 is 0.972 bits per heavy atom. The molecule has 14 heteroatoms. The fourth-order valence-electron chi connectivity index (χ4n) is 4.43. The monoisotopic (exact) mass is 508 g/mol. The van der Waals surface area contributed by atoms with Crippen molar-refractivity contribution in [3.63, 3.8) is 0 Å². The minimum absolute atomic E-state index is 0.118. The second-order valence-corrected chi connectivity index (χ2v) is 10.2. The van der Waals surface area contributed by atoms with Crippen molar-refractivity contribution >= 4 is 38.5 Å². The van der Waals surface area contributed by atoms with Crippen molar-refractivity contribution < 1.29 is 12.8 Å². The number of piperazine rings is 1. The molecule has 13 nitrogen and oxygen atoms in total. The van der Waals surface area contributed by atoms with Gasteiger partial charge in [-0.3, -0.25) is 4.90 Å². The van der Waals surface area contributed by atoms with Crippen LogP contribution in [0.4, 0.5) is 11.6 Å². The molecule has 5 heterocycles. The lowest BCUT2D eigenvalue weighted by Gasteiger charge is -2.36. The predicted octanol–water partition coefficient (Wildman–Crippen LogP) is 0.786. The molecule has 0 unspecified atom stereocenters. The molecular formula is C22H24N10O3S. The van der Waals surface area contributed by atoms with E-state index in [0.717, 1.165) is 38.4 Å². The third kappa shape index (κ3) is 4.04. The molecule has 36 heavy (non-hydrogen) atoms. The highest BCUT2D eigenvalue weighted by atomic mass is 32.2. The molecule has 1 aliphatic heterocycles. The number of primary sulfonamides is 1. The molecule has 1 fully saturated rings. The SMILES string of the molecule is Nc1nc2c(ncn2CCN2CCN(c3ccc(S(N)(=O)=O)cc3)CC2)c2nc(-c3ccco3)nn12. The zero-order chi connectivity index (χ0) is 24.9. The Morgan fingerprint density at radius 2 is 1.75 bits per heavy atom. The molecule has 6 rings (SSSR count). The Labute approximate surface area is 206 Å². The summed E-state index contributed by atoms with van der Waals surface area (Å²) in [6.45, 7) is 4.93.